The third kappa shape index (κ3) is 4.31. The first-order chi connectivity index (χ1) is 14.2. The molecule has 4 rings (SSSR count). The number of nitrogens with zero attached hydrogens (tertiary/aromatic N) is 2. The molecule has 0 N–H and O–H groups in total. The molecule has 7 heteroatoms. The van der Waals surface area contributed by atoms with Crippen molar-refractivity contribution in [3.8, 4) is 17.0 Å². The molecule has 1 aromatic heterocycles. The predicted octanol–water partition coefficient (Wildman–Crippen LogP) is 4.78. The van der Waals surface area contributed by atoms with E-state index < -0.39 is 11.7 Å². The maximum atomic E-state index is 14.3. The third-order valence-electron chi connectivity index (χ3n) is 4.87. The highest BCUT2D eigenvalue weighted by molar-refractivity contribution is 7.14. The van der Waals surface area contributed by atoms with Crippen molar-refractivity contribution in [3.63, 3.8) is 0 Å². The lowest BCUT2D eigenvalue weighted by molar-refractivity contribution is 0.0914. The summed E-state index contributed by atoms with van der Waals surface area (Å²) < 4.78 is 25.2. The molecule has 1 amide bonds. The highest BCUT2D eigenvalue weighted by atomic mass is 32.1. The van der Waals surface area contributed by atoms with Gasteiger partial charge in [-0.25, -0.2) is 9.37 Å². The number of benzene rings is 2. The Bertz CT molecular complexity index is 984. The topological polar surface area (TPSA) is 51.7 Å². The minimum absolute atomic E-state index is 0.0340. The maximum absolute atomic E-state index is 14.3. The van der Waals surface area contributed by atoms with Gasteiger partial charge in [-0.1, -0.05) is 12.1 Å². The molecule has 5 nitrogen and oxygen atoms in total. The van der Waals surface area contributed by atoms with E-state index in [9.17, 15) is 9.18 Å². The minimum Gasteiger partial charge on any atom is -0.497 e. The Kier molecular flexibility index (Phi) is 5.87. The summed E-state index contributed by atoms with van der Waals surface area (Å²) in [6.45, 7) is 1.03. The summed E-state index contributed by atoms with van der Waals surface area (Å²) in [5, 5.41) is 2.42. The number of ether oxygens (including phenoxy) is 2. The molecule has 1 aliphatic rings. The number of amides is 1. The molecule has 2 heterocycles. The van der Waals surface area contributed by atoms with E-state index in [0.29, 0.717) is 18.3 Å². The van der Waals surface area contributed by atoms with Gasteiger partial charge < -0.3 is 9.47 Å². The van der Waals surface area contributed by atoms with Gasteiger partial charge in [-0.05, 0) is 49.2 Å². The quantitative estimate of drug-likeness (QED) is 0.585. The Hall–Kier alpha value is -2.77. The molecular formula is C22H21FN2O3S. The van der Waals surface area contributed by atoms with Crippen LogP contribution in [0, 0.1) is 5.82 Å². The molecule has 0 saturated carbocycles. The molecule has 150 valence electrons. The van der Waals surface area contributed by atoms with Crippen LogP contribution in [0.1, 0.15) is 23.2 Å². The number of hydrogen-bond acceptors (Lipinski definition) is 5. The van der Waals surface area contributed by atoms with Gasteiger partial charge >= 0.3 is 0 Å². The molecular weight excluding hydrogens is 391 g/mol. The predicted molar refractivity (Wildman–Crippen MR) is 111 cm³/mol. The molecule has 3 aromatic rings. The number of hydrogen-bond donors (Lipinski definition) is 0. The largest absolute Gasteiger partial charge is 0.497 e. The SMILES string of the molecule is COc1ccc(-c2csc(N(C[C@@H]3CCCO3)C(=O)c3ccccc3F)n2)cc1. The molecule has 1 saturated heterocycles. The van der Waals surface area contributed by atoms with Gasteiger partial charge in [0.1, 0.15) is 11.6 Å². The van der Waals surface area contributed by atoms with Crippen LogP contribution in [0.2, 0.25) is 0 Å². The van der Waals surface area contributed by atoms with Gasteiger partial charge in [0.2, 0.25) is 0 Å². The number of thiazole rings is 1. The first-order valence-corrected chi connectivity index (χ1v) is 10.3. The van der Waals surface area contributed by atoms with Gasteiger partial charge in [0.05, 0.1) is 31.0 Å². The van der Waals surface area contributed by atoms with Gasteiger partial charge in [0.25, 0.3) is 5.91 Å². The van der Waals surface area contributed by atoms with Gasteiger partial charge in [-0.2, -0.15) is 0 Å². The molecule has 1 fully saturated rings. The number of aromatic nitrogens is 1. The number of methoxy groups -OCH3 is 1. The monoisotopic (exact) mass is 412 g/mol. The number of anilines is 1. The van der Waals surface area contributed by atoms with Crippen LogP contribution in [0.4, 0.5) is 9.52 Å². The summed E-state index contributed by atoms with van der Waals surface area (Å²) in [5.74, 6) is -0.185. The van der Waals surface area contributed by atoms with Gasteiger partial charge in [-0.15, -0.1) is 11.3 Å². The average molecular weight is 412 g/mol. The fourth-order valence-electron chi connectivity index (χ4n) is 3.30. The standard InChI is InChI=1S/C22H21FN2O3S/c1-27-16-10-8-15(9-11-16)20-14-29-22(24-20)25(13-17-5-4-12-28-17)21(26)18-6-2-3-7-19(18)23/h2-3,6-11,14,17H,4-5,12-13H2,1H3/t17-/m0/s1. The molecule has 0 spiro atoms. The van der Waals surface area contributed by atoms with Gasteiger partial charge in [0.15, 0.2) is 5.13 Å². The molecule has 0 radical (unpaired) electrons. The highest BCUT2D eigenvalue weighted by Gasteiger charge is 2.28. The van der Waals surface area contributed by atoms with E-state index in [2.05, 4.69) is 4.98 Å². The summed E-state index contributed by atoms with van der Waals surface area (Å²) >= 11 is 1.36. The fourth-order valence-corrected chi connectivity index (χ4v) is 4.14. The summed E-state index contributed by atoms with van der Waals surface area (Å²) in [5.41, 5.74) is 1.71. The maximum Gasteiger partial charge on any atom is 0.263 e. The molecule has 2 aromatic carbocycles. The van der Waals surface area contributed by atoms with Crippen LogP contribution in [-0.2, 0) is 4.74 Å². The van der Waals surface area contributed by atoms with Crippen LogP contribution >= 0.6 is 11.3 Å². The van der Waals surface area contributed by atoms with E-state index >= 15 is 0 Å². The van der Waals surface area contributed by atoms with Crippen molar-refractivity contribution in [1.29, 1.82) is 0 Å². The molecule has 29 heavy (non-hydrogen) atoms. The number of carbonyl (C=O) groups excluding carboxylic acids is 1. The van der Waals surface area contributed by atoms with E-state index in [0.717, 1.165) is 29.8 Å². The Labute approximate surface area is 172 Å². The van der Waals surface area contributed by atoms with Crippen molar-refractivity contribution in [2.45, 2.75) is 18.9 Å². The normalized spacial score (nSPS) is 16.0. The second-order valence-electron chi connectivity index (χ2n) is 6.77. The van der Waals surface area contributed by atoms with Crippen molar-refractivity contribution >= 4 is 22.4 Å². The molecule has 0 unspecified atom stereocenters. The third-order valence-corrected chi connectivity index (χ3v) is 5.73. The second-order valence-corrected chi connectivity index (χ2v) is 7.61. The van der Waals surface area contributed by atoms with Gasteiger partial charge in [-0.3, -0.25) is 9.69 Å². The zero-order valence-corrected chi connectivity index (χ0v) is 16.8. The van der Waals surface area contributed by atoms with E-state index in [1.807, 2.05) is 29.6 Å². The Morgan fingerprint density at radius 3 is 2.76 bits per heavy atom. The van der Waals surface area contributed by atoms with Crippen molar-refractivity contribution in [3.05, 3.63) is 65.3 Å². The number of rotatable bonds is 6. The van der Waals surface area contributed by atoms with Crippen LogP contribution in [0.5, 0.6) is 5.75 Å². The van der Waals surface area contributed by atoms with E-state index in [4.69, 9.17) is 9.47 Å². The van der Waals surface area contributed by atoms with Gasteiger partial charge in [0, 0.05) is 17.6 Å². The van der Waals surface area contributed by atoms with Crippen molar-refractivity contribution in [2.24, 2.45) is 0 Å². The Morgan fingerprint density at radius 1 is 1.28 bits per heavy atom. The van der Waals surface area contributed by atoms with Crippen LogP contribution in [0.3, 0.4) is 0 Å². The van der Waals surface area contributed by atoms with Crippen LogP contribution in [0.15, 0.2) is 53.9 Å². The van der Waals surface area contributed by atoms with E-state index in [1.165, 1.54) is 28.4 Å². The van der Waals surface area contributed by atoms with Crippen LogP contribution in [0.25, 0.3) is 11.3 Å². The number of halogens is 1. The molecule has 1 aliphatic heterocycles. The average Bonchev–Trinajstić information content (AvgIpc) is 3.44. The molecule has 1 atom stereocenters. The van der Waals surface area contributed by atoms with Crippen molar-refractivity contribution < 1.29 is 18.7 Å². The smallest absolute Gasteiger partial charge is 0.263 e. The van der Waals surface area contributed by atoms with Crippen molar-refractivity contribution in [1.82, 2.24) is 4.98 Å². The zero-order valence-electron chi connectivity index (χ0n) is 16.0. The molecule has 0 aliphatic carbocycles. The lowest BCUT2D eigenvalue weighted by Crippen LogP contribution is -2.38. The molecule has 0 bridgehead atoms. The summed E-state index contributed by atoms with van der Waals surface area (Å²) in [6, 6.07) is 13.6. The zero-order chi connectivity index (χ0) is 20.2. The second kappa shape index (κ2) is 8.71. The Morgan fingerprint density at radius 2 is 2.07 bits per heavy atom. The first kappa shape index (κ1) is 19.5. The fraction of sp³-hybridized carbons (Fsp3) is 0.273. The number of carbonyl (C=O) groups is 1. The summed E-state index contributed by atoms with van der Waals surface area (Å²) in [4.78, 5) is 19.4. The van der Waals surface area contributed by atoms with E-state index in [1.54, 1.807) is 19.2 Å². The lowest BCUT2D eigenvalue weighted by Gasteiger charge is -2.23. The van der Waals surface area contributed by atoms with Crippen molar-refractivity contribution in [2.75, 3.05) is 25.2 Å². The van der Waals surface area contributed by atoms with Crippen LogP contribution in [-0.4, -0.2) is 37.3 Å². The lowest BCUT2D eigenvalue weighted by atomic mass is 10.1. The van der Waals surface area contributed by atoms with E-state index in [-0.39, 0.29) is 11.7 Å². The first-order valence-electron chi connectivity index (χ1n) is 9.43. The van der Waals surface area contributed by atoms with Crippen LogP contribution < -0.4 is 9.64 Å². The Balaban J connectivity index is 1.64. The summed E-state index contributed by atoms with van der Waals surface area (Å²) in [7, 11) is 1.62. The highest BCUT2D eigenvalue weighted by Crippen LogP contribution is 2.30. The minimum atomic E-state index is -0.540. The summed E-state index contributed by atoms with van der Waals surface area (Å²) in [6.07, 6.45) is 1.76.